The zero-order valence-corrected chi connectivity index (χ0v) is 21.0. The van der Waals surface area contributed by atoms with Crippen LogP contribution in [-0.2, 0) is 32.4 Å². The van der Waals surface area contributed by atoms with Gasteiger partial charge in [0.2, 0.25) is 10.0 Å². The topological polar surface area (TPSA) is 152 Å². The van der Waals surface area contributed by atoms with Crippen molar-refractivity contribution in [1.82, 2.24) is 0 Å². The molecule has 0 saturated heterocycles. The summed E-state index contributed by atoms with van der Waals surface area (Å²) in [5.74, 6) is -0.491. The molecule has 0 fully saturated rings. The van der Waals surface area contributed by atoms with Gasteiger partial charge in [-0.1, -0.05) is 0 Å². The Morgan fingerprint density at radius 3 is 2.58 bits per heavy atom. The molecule has 1 aromatic carbocycles. The van der Waals surface area contributed by atoms with Crippen LogP contribution < -0.4 is 10.5 Å². The van der Waals surface area contributed by atoms with E-state index in [1.165, 1.54) is 29.5 Å². The number of aryl methyl sites for hydroxylation is 1. The van der Waals surface area contributed by atoms with Gasteiger partial charge < -0.3 is 14.5 Å². The van der Waals surface area contributed by atoms with Crippen molar-refractivity contribution < 1.29 is 27.2 Å². The van der Waals surface area contributed by atoms with Gasteiger partial charge in [-0.2, -0.15) is 5.26 Å². The fourth-order valence-electron chi connectivity index (χ4n) is 3.93. The maximum absolute atomic E-state index is 12.9. The first-order chi connectivity index (χ1) is 17.2. The van der Waals surface area contributed by atoms with E-state index in [0.717, 1.165) is 36.1 Å². The monoisotopic (exact) mass is 525 g/mol. The quantitative estimate of drug-likeness (QED) is 0.265. The molecule has 2 aromatic heterocycles. The fourth-order valence-corrected chi connectivity index (χ4v) is 5.72. The van der Waals surface area contributed by atoms with E-state index in [0.29, 0.717) is 21.9 Å². The number of ether oxygens (including phenoxy) is 1. The minimum absolute atomic E-state index is 0.0289. The molecule has 3 N–H and O–H groups in total. The number of hydrogen-bond donors (Lipinski definition) is 2. The van der Waals surface area contributed by atoms with Crippen LogP contribution >= 0.6 is 11.3 Å². The molecular formula is C25H23N3O6S2. The molecule has 9 nitrogen and oxygen atoms in total. The van der Waals surface area contributed by atoms with Crippen molar-refractivity contribution in [2.45, 2.75) is 37.5 Å². The molecule has 1 aliphatic rings. The number of nitriles is 1. The van der Waals surface area contributed by atoms with Crippen LogP contribution in [-0.4, -0.2) is 26.9 Å². The van der Waals surface area contributed by atoms with E-state index in [2.05, 4.69) is 5.32 Å². The zero-order chi connectivity index (χ0) is 25.9. The Morgan fingerprint density at radius 1 is 1.19 bits per heavy atom. The summed E-state index contributed by atoms with van der Waals surface area (Å²) in [7, 11) is -3.81. The molecule has 11 heteroatoms. The number of primary sulfonamides is 1. The molecule has 3 aromatic rings. The molecule has 4 rings (SSSR count). The lowest BCUT2D eigenvalue weighted by atomic mass is 9.95. The average molecular weight is 526 g/mol. The number of nitrogens with two attached hydrogens (primary N) is 1. The molecule has 1 amide bonds. The number of nitrogens with zero attached hydrogens (tertiary/aromatic N) is 1. The molecule has 186 valence electrons. The summed E-state index contributed by atoms with van der Waals surface area (Å²) < 4.78 is 33.8. The van der Waals surface area contributed by atoms with Gasteiger partial charge in [-0.15, -0.1) is 11.3 Å². The number of nitrogens with one attached hydrogen (secondary N) is 1. The van der Waals surface area contributed by atoms with Crippen molar-refractivity contribution >= 4 is 44.3 Å². The molecule has 0 saturated carbocycles. The maximum Gasteiger partial charge on any atom is 0.341 e. The number of carbonyl (C=O) groups is 2. The molecule has 1 aliphatic carbocycles. The number of furan rings is 1. The highest BCUT2D eigenvalue weighted by atomic mass is 32.2. The van der Waals surface area contributed by atoms with Crippen LogP contribution in [0.25, 0.3) is 17.4 Å². The van der Waals surface area contributed by atoms with Crippen LogP contribution in [0.1, 0.15) is 46.3 Å². The maximum atomic E-state index is 12.9. The molecule has 0 radical (unpaired) electrons. The molecule has 0 bridgehead atoms. The van der Waals surface area contributed by atoms with Crippen LogP contribution in [0.4, 0.5) is 5.00 Å². The number of rotatable bonds is 7. The van der Waals surface area contributed by atoms with Crippen molar-refractivity contribution in [3.8, 4) is 17.4 Å². The highest BCUT2D eigenvalue weighted by molar-refractivity contribution is 7.89. The third-order valence-corrected chi connectivity index (χ3v) is 7.76. The normalized spacial score (nSPS) is 13.5. The lowest BCUT2D eigenvalue weighted by Gasteiger charge is -2.12. The summed E-state index contributed by atoms with van der Waals surface area (Å²) in [6.45, 7) is 1.93. The van der Waals surface area contributed by atoms with Gasteiger partial charge in [-0.25, -0.2) is 18.4 Å². The van der Waals surface area contributed by atoms with Crippen LogP contribution in [0.15, 0.2) is 51.3 Å². The van der Waals surface area contributed by atoms with Crippen molar-refractivity contribution in [2.24, 2.45) is 5.14 Å². The SMILES string of the molecule is CCOC(=O)c1c(NC(=O)/C(C#N)=C/c2ccc(-c3ccc(S(N)(=O)=O)cc3)o2)sc2c1CCCC2. The van der Waals surface area contributed by atoms with Crippen molar-refractivity contribution in [3.05, 3.63) is 63.7 Å². The first kappa shape index (κ1) is 25.4. The Morgan fingerprint density at radius 2 is 1.92 bits per heavy atom. The summed E-state index contributed by atoms with van der Waals surface area (Å²) in [6.07, 6.45) is 4.84. The minimum atomic E-state index is -3.81. The van der Waals surface area contributed by atoms with E-state index >= 15 is 0 Å². The van der Waals surface area contributed by atoms with Gasteiger partial charge in [0, 0.05) is 16.5 Å². The first-order valence-corrected chi connectivity index (χ1v) is 13.6. The fraction of sp³-hybridized carbons (Fsp3) is 0.240. The van der Waals surface area contributed by atoms with Gasteiger partial charge in [0.15, 0.2) is 0 Å². The molecule has 36 heavy (non-hydrogen) atoms. The van der Waals surface area contributed by atoms with Gasteiger partial charge in [0.25, 0.3) is 5.91 Å². The lowest BCUT2D eigenvalue weighted by molar-refractivity contribution is -0.112. The predicted molar refractivity (Wildman–Crippen MR) is 135 cm³/mol. The Balaban J connectivity index is 1.57. The third kappa shape index (κ3) is 5.41. The Hall–Kier alpha value is -3.72. The van der Waals surface area contributed by atoms with E-state index < -0.39 is 21.9 Å². The lowest BCUT2D eigenvalue weighted by Crippen LogP contribution is -2.16. The zero-order valence-electron chi connectivity index (χ0n) is 19.4. The van der Waals surface area contributed by atoms with Crippen LogP contribution in [0.2, 0.25) is 0 Å². The van der Waals surface area contributed by atoms with Gasteiger partial charge in [-0.3, -0.25) is 4.79 Å². The van der Waals surface area contributed by atoms with E-state index in [9.17, 15) is 23.3 Å². The number of hydrogen-bond acceptors (Lipinski definition) is 8. The van der Waals surface area contributed by atoms with Crippen LogP contribution in [0.5, 0.6) is 0 Å². The minimum Gasteiger partial charge on any atom is -0.462 e. The molecule has 0 aliphatic heterocycles. The van der Waals surface area contributed by atoms with Gasteiger partial charge >= 0.3 is 5.97 Å². The van der Waals surface area contributed by atoms with E-state index in [4.69, 9.17) is 14.3 Å². The van der Waals surface area contributed by atoms with E-state index in [1.54, 1.807) is 31.2 Å². The van der Waals surface area contributed by atoms with E-state index in [-0.39, 0.29) is 22.8 Å². The highest BCUT2D eigenvalue weighted by Gasteiger charge is 2.28. The largest absolute Gasteiger partial charge is 0.462 e. The number of fused-ring (bicyclic) bond motifs is 1. The van der Waals surface area contributed by atoms with Crippen molar-refractivity contribution in [1.29, 1.82) is 5.26 Å². The highest BCUT2D eigenvalue weighted by Crippen LogP contribution is 2.39. The third-order valence-electron chi connectivity index (χ3n) is 5.62. The van der Waals surface area contributed by atoms with Crippen molar-refractivity contribution in [3.63, 3.8) is 0 Å². The number of carbonyl (C=O) groups excluding carboxylic acids is 2. The second-order valence-corrected chi connectivity index (χ2v) is 10.7. The molecule has 2 heterocycles. The number of amides is 1. The molecule has 0 atom stereocenters. The smallest absolute Gasteiger partial charge is 0.341 e. The average Bonchev–Trinajstić information content (AvgIpc) is 3.46. The summed E-state index contributed by atoms with van der Waals surface area (Å²) in [5, 5.41) is 17.8. The van der Waals surface area contributed by atoms with E-state index in [1.807, 2.05) is 6.07 Å². The number of esters is 1. The second kappa shape index (κ2) is 10.5. The van der Waals surface area contributed by atoms with Gasteiger partial charge in [0.05, 0.1) is 17.1 Å². The Kier molecular flexibility index (Phi) is 7.40. The number of sulfonamides is 1. The Bertz CT molecular complexity index is 1490. The van der Waals surface area contributed by atoms with Gasteiger partial charge in [0.1, 0.15) is 28.2 Å². The van der Waals surface area contributed by atoms with Gasteiger partial charge in [-0.05, 0) is 74.6 Å². The summed E-state index contributed by atoms with van der Waals surface area (Å²) in [5.41, 5.74) is 1.66. The second-order valence-electron chi connectivity index (χ2n) is 8.03. The predicted octanol–water partition coefficient (Wildman–Crippen LogP) is 4.26. The first-order valence-electron chi connectivity index (χ1n) is 11.2. The number of benzene rings is 1. The summed E-state index contributed by atoms with van der Waals surface area (Å²) in [6, 6.07) is 10.9. The molecule has 0 spiro atoms. The van der Waals surface area contributed by atoms with Crippen LogP contribution in [0.3, 0.4) is 0 Å². The van der Waals surface area contributed by atoms with Crippen LogP contribution in [0, 0.1) is 11.3 Å². The summed E-state index contributed by atoms with van der Waals surface area (Å²) in [4.78, 5) is 26.6. The Labute approximate surface area is 212 Å². The number of thiophene rings is 1. The number of anilines is 1. The van der Waals surface area contributed by atoms with Crippen molar-refractivity contribution in [2.75, 3.05) is 11.9 Å². The summed E-state index contributed by atoms with van der Waals surface area (Å²) >= 11 is 1.34. The molecule has 0 unspecified atom stereocenters. The molecular weight excluding hydrogens is 502 g/mol. The standard InChI is InChI=1S/C25H23N3O6S2/c1-2-33-25(30)22-19-5-3-4-6-21(19)35-24(22)28-23(29)16(14-26)13-17-9-12-20(34-17)15-7-10-18(11-8-15)36(27,31)32/h7-13H,2-6H2,1H3,(H,28,29)(H2,27,31,32)/b16-13+.